The predicted octanol–water partition coefficient (Wildman–Crippen LogP) is 3.39. The summed E-state index contributed by atoms with van der Waals surface area (Å²) in [6.07, 6.45) is 0. The van der Waals surface area contributed by atoms with Crippen LogP contribution in [0.25, 0.3) is 0 Å². The molecule has 1 aromatic heterocycles. The monoisotopic (exact) mass is 304 g/mol. The number of carbonyl (C=O) groups is 1. The lowest BCUT2D eigenvalue weighted by Crippen LogP contribution is -2.36. The van der Waals surface area contributed by atoms with Crippen LogP contribution < -0.4 is 10.5 Å². The van der Waals surface area contributed by atoms with E-state index in [1.165, 1.54) is 0 Å². The van der Waals surface area contributed by atoms with Crippen LogP contribution in [-0.4, -0.2) is 24.0 Å². The molecule has 112 valence electrons. The highest BCUT2D eigenvalue weighted by Gasteiger charge is 2.20. The fourth-order valence-corrected chi connectivity index (χ4v) is 2.79. The molecule has 4 nitrogen and oxygen atoms in total. The molecule has 0 radical (unpaired) electrons. The van der Waals surface area contributed by atoms with E-state index in [-0.39, 0.29) is 11.9 Å². The highest BCUT2D eigenvalue weighted by atomic mass is 32.1. The Bertz CT molecular complexity index is 609. The van der Waals surface area contributed by atoms with Crippen LogP contribution in [0.15, 0.2) is 35.7 Å². The lowest BCUT2D eigenvalue weighted by atomic mass is 10.1. The highest BCUT2D eigenvalue weighted by Crippen LogP contribution is 2.22. The smallest absolute Gasteiger partial charge is 0.254 e. The Hall–Kier alpha value is -2.01. The number of anilines is 1. The van der Waals surface area contributed by atoms with Gasteiger partial charge in [0.15, 0.2) is 0 Å². The topological polar surface area (TPSA) is 55.6 Å². The summed E-state index contributed by atoms with van der Waals surface area (Å²) in [7, 11) is 1.56. The number of ether oxygens (including phenoxy) is 1. The van der Waals surface area contributed by atoms with Crippen LogP contribution in [0.5, 0.6) is 5.75 Å². The number of nitrogens with zero attached hydrogens (tertiary/aromatic N) is 1. The first-order valence-corrected chi connectivity index (χ1v) is 7.67. The number of hydrogen-bond acceptors (Lipinski definition) is 4. The van der Waals surface area contributed by atoms with Crippen molar-refractivity contribution in [1.29, 1.82) is 0 Å². The number of amides is 1. The largest absolute Gasteiger partial charge is 0.497 e. The average molecular weight is 304 g/mol. The van der Waals surface area contributed by atoms with Crippen LogP contribution in [0.4, 0.5) is 5.69 Å². The van der Waals surface area contributed by atoms with Crippen molar-refractivity contribution in [2.75, 3.05) is 12.8 Å². The highest BCUT2D eigenvalue weighted by molar-refractivity contribution is 7.09. The van der Waals surface area contributed by atoms with Crippen molar-refractivity contribution in [2.24, 2.45) is 0 Å². The number of carbonyl (C=O) groups excluding carboxylic acids is 1. The molecule has 0 aliphatic rings. The number of hydrogen-bond donors (Lipinski definition) is 1. The summed E-state index contributed by atoms with van der Waals surface area (Å²) in [6, 6.07) is 9.25. The number of benzene rings is 1. The van der Waals surface area contributed by atoms with Gasteiger partial charge in [-0.3, -0.25) is 4.79 Å². The van der Waals surface area contributed by atoms with Crippen LogP contribution in [0.2, 0.25) is 0 Å². The summed E-state index contributed by atoms with van der Waals surface area (Å²) in [4.78, 5) is 15.7. The Morgan fingerprint density at radius 3 is 2.71 bits per heavy atom. The molecule has 21 heavy (non-hydrogen) atoms. The molecule has 5 heteroatoms. The van der Waals surface area contributed by atoms with Gasteiger partial charge in [-0.25, -0.2) is 0 Å². The van der Waals surface area contributed by atoms with Crippen LogP contribution in [-0.2, 0) is 6.54 Å². The Morgan fingerprint density at radius 2 is 2.14 bits per heavy atom. The van der Waals surface area contributed by atoms with Gasteiger partial charge in [-0.05, 0) is 37.4 Å². The maximum absolute atomic E-state index is 12.8. The maximum Gasteiger partial charge on any atom is 0.254 e. The molecule has 0 bridgehead atoms. The minimum atomic E-state index is -0.0380. The zero-order chi connectivity index (χ0) is 15.4. The van der Waals surface area contributed by atoms with Crippen LogP contribution in [0.3, 0.4) is 0 Å². The number of nitrogen functional groups attached to an aromatic ring is 1. The van der Waals surface area contributed by atoms with E-state index in [9.17, 15) is 4.79 Å². The summed E-state index contributed by atoms with van der Waals surface area (Å²) < 4.78 is 5.18. The van der Waals surface area contributed by atoms with Crippen molar-refractivity contribution >= 4 is 22.9 Å². The Morgan fingerprint density at radius 1 is 1.38 bits per heavy atom. The first-order valence-electron chi connectivity index (χ1n) is 6.79. The molecule has 0 saturated heterocycles. The SMILES string of the molecule is COc1cc(N)cc(C(=O)N(Cc2cccs2)C(C)C)c1. The molecule has 0 aliphatic heterocycles. The molecule has 2 rings (SSSR count). The van der Waals surface area contributed by atoms with Gasteiger partial charge in [0.1, 0.15) is 5.75 Å². The van der Waals surface area contributed by atoms with Crippen molar-refractivity contribution in [3.05, 3.63) is 46.2 Å². The summed E-state index contributed by atoms with van der Waals surface area (Å²) in [6.45, 7) is 4.62. The normalized spacial score (nSPS) is 10.7. The van der Waals surface area contributed by atoms with Crippen molar-refractivity contribution in [3.8, 4) is 5.75 Å². The lowest BCUT2D eigenvalue weighted by Gasteiger charge is -2.26. The van der Waals surface area contributed by atoms with E-state index in [2.05, 4.69) is 0 Å². The van der Waals surface area contributed by atoms with Gasteiger partial charge in [-0.15, -0.1) is 11.3 Å². The van der Waals surface area contributed by atoms with Crippen molar-refractivity contribution in [2.45, 2.75) is 26.4 Å². The molecule has 1 amide bonds. The lowest BCUT2D eigenvalue weighted by molar-refractivity contribution is 0.0692. The summed E-state index contributed by atoms with van der Waals surface area (Å²) >= 11 is 1.65. The fourth-order valence-electron chi connectivity index (χ4n) is 2.09. The molecule has 0 aliphatic carbocycles. The molecule has 0 atom stereocenters. The van der Waals surface area contributed by atoms with Gasteiger partial charge in [-0.1, -0.05) is 6.07 Å². The number of nitrogens with two attached hydrogens (primary N) is 1. The van der Waals surface area contributed by atoms with Gasteiger partial charge >= 0.3 is 0 Å². The number of methoxy groups -OCH3 is 1. The maximum atomic E-state index is 12.8. The molecular formula is C16H20N2O2S. The van der Waals surface area contributed by atoms with Crippen LogP contribution in [0, 0.1) is 0 Å². The average Bonchev–Trinajstić information content (AvgIpc) is 2.96. The van der Waals surface area contributed by atoms with E-state index in [1.54, 1.807) is 36.6 Å². The molecule has 2 aromatic rings. The fraction of sp³-hybridized carbons (Fsp3) is 0.312. The second kappa shape index (κ2) is 6.63. The van der Waals surface area contributed by atoms with E-state index < -0.39 is 0 Å². The second-order valence-electron chi connectivity index (χ2n) is 5.10. The predicted molar refractivity (Wildman–Crippen MR) is 86.7 cm³/mol. The van der Waals surface area contributed by atoms with Crippen LogP contribution in [0.1, 0.15) is 29.1 Å². The third-order valence-corrected chi connectivity index (χ3v) is 4.06. The standard InChI is InChI=1S/C16H20N2O2S/c1-11(2)18(10-15-5-4-6-21-15)16(19)12-7-13(17)9-14(8-12)20-3/h4-9,11H,10,17H2,1-3H3. The summed E-state index contributed by atoms with van der Waals surface area (Å²) in [5, 5.41) is 2.02. The van der Waals surface area contributed by atoms with Gasteiger partial charge in [0.05, 0.1) is 13.7 Å². The zero-order valence-electron chi connectivity index (χ0n) is 12.5. The summed E-state index contributed by atoms with van der Waals surface area (Å²) in [5.41, 5.74) is 6.91. The first kappa shape index (κ1) is 15.4. The van der Waals surface area contributed by atoms with Gasteiger partial charge in [0.2, 0.25) is 0 Å². The first-order chi connectivity index (χ1) is 10.0. The van der Waals surface area contributed by atoms with E-state index >= 15 is 0 Å². The van der Waals surface area contributed by atoms with Crippen molar-refractivity contribution in [3.63, 3.8) is 0 Å². The van der Waals surface area contributed by atoms with Crippen LogP contribution >= 0.6 is 11.3 Å². The zero-order valence-corrected chi connectivity index (χ0v) is 13.3. The minimum Gasteiger partial charge on any atom is -0.497 e. The van der Waals surface area contributed by atoms with E-state index in [0.717, 1.165) is 4.88 Å². The molecule has 2 N–H and O–H groups in total. The molecular weight excluding hydrogens is 284 g/mol. The van der Waals surface area contributed by atoms with E-state index in [4.69, 9.17) is 10.5 Å². The minimum absolute atomic E-state index is 0.0380. The molecule has 0 fully saturated rings. The van der Waals surface area contributed by atoms with Gasteiger partial charge in [-0.2, -0.15) is 0 Å². The Balaban J connectivity index is 2.28. The Kier molecular flexibility index (Phi) is 4.85. The van der Waals surface area contributed by atoms with Gasteiger partial charge in [0.25, 0.3) is 5.91 Å². The third-order valence-electron chi connectivity index (χ3n) is 3.20. The number of thiophene rings is 1. The number of rotatable bonds is 5. The molecule has 0 saturated carbocycles. The van der Waals surface area contributed by atoms with Gasteiger partial charge < -0.3 is 15.4 Å². The van der Waals surface area contributed by atoms with Crippen molar-refractivity contribution in [1.82, 2.24) is 4.90 Å². The quantitative estimate of drug-likeness (QED) is 0.861. The van der Waals surface area contributed by atoms with Gasteiger partial charge in [0, 0.05) is 28.2 Å². The third kappa shape index (κ3) is 3.76. The molecule has 1 aromatic carbocycles. The molecule has 1 heterocycles. The van der Waals surface area contributed by atoms with E-state index in [0.29, 0.717) is 23.5 Å². The molecule has 0 unspecified atom stereocenters. The second-order valence-corrected chi connectivity index (χ2v) is 6.13. The molecule has 0 spiro atoms. The van der Waals surface area contributed by atoms with Crippen molar-refractivity contribution < 1.29 is 9.53 Å². The van der Waals surface area contributed by atoms with E-state index in [1.807, 2.05) is 36.3 Å². The Labute approximate surface area is 129 Å². The summed E-state index contributed by atoms with van der Waals surface area (Å²) in [5.74, 6) is 0.558.